The van der Waals surface area contributed by atoms with Gasteiger partial charge in [-0.2, -0.15) is 5.10 Å². The quantitative estimate of drug-likeness (QED) is 0.387. The summed E-state index contributed by atoms with van der Waals surface area (Å²) < 4.78 is 7.79. The summed E-state index contributed by atoms with van der Waals surface area (Å²) in [5.41, 5.74) is 7.55. The highest BCUT2D eigenvalue weighted by atomic mass is 16.5. The Hall–Kier alpha value is -3.92. The number of carbonyl (C=O) groups is 1. The molecule has 1 aromatic heterocycles. The molecule has 0 spiro atoms. The van der Waals surface area contributed by atoms with Gasteiger partial charge in [-0.15, -0.1) is 0 Å². The Balaban J connectivity index is 1.62. The van der Waals surface area contributed by atoms with Crippen molar-refractivity contribution in [2.24, 2.45) is 0 Å². The summed E-state index contributed by atoms with van der Waals surface area (Å²) in [5.74, 6) is 0.841. The lowest BCUT2D eigenvalue weighted by molar-refractivity contribution is 0.101. The minimum Gasteiger partial charge on any atom is -0.452 e. The molecule has 4 aromatic rings. The number of Topliss-reactive ketones (excluding diaryl/α,β-unsaturated/α-hetero) is 1. The Kier molecular flexibility index (Phi) is 4.55. The molecule has 0 amide bonds. The summed E-state index contributed by atoms with van der Waals surface area (Å²) in [7, 11) is 0. The average Bonchev–Trinajstić information content (AvgIpc) is 3.32. The lowest BCUT2D eigenvalue weighted by Crippen LogP contribution is -1.98. The van der Waals surface area contributed by atoms with Crippen molar-refractivity contribution in [3.8, 4) is 22.7 Å². The minimum absolute atomic E-state index is 0.0968. The number of fused-ring (bicyclic) bond motifs is 1. The zero-order chi connectivity index (χ0) is 21.5. The third-order valence-corrected chi connectivity index (χ3v) is 5.66. The van der Waals surface area contributed by atoms with Gasteiger partial charge in [0.1, 0.15) is 11.4 Å². The summed E-state index contributed by atoms with van der Waals surface area (Å²) in [6.07, 6.45) is 3.74. The van der Waals surface area contributed by atoms with E-state index in [2.05, 4.69) is 19.1 Å². The van der Waals surface area contributed by atoms with E-state index >= 15 is 0 Å². The van der Waals surface area contributed by atoms with Crippen LogP contribution in [0.5, 0.6) is 5.75 Å². The molecule has 4 nitrogen and oxygen atoms in total. The molecule has 0 radical (unpaired) electrons. The van der Waals surface area contributed by atoms with E-state index in [9.17, 15) is 4.79 Å². The van der Waals surface area contributed by atoms with E-state index in [4.69, 9.17) is 9.84 Å². The summed E-state index contributed by atoms with van der Waals surface area (Å²) in [5, 5.41) is 4.83. The van der Waals surface area contributed by atoms with E-state index in [-0.39, 0.29) is 5.78 Å². The number of rotatable bonds is 3. The van der Waals surface area contributed by atoms with Crippen molar-refractivity contribution in [1.82, 2.24) is 9.78 Å². The fraction of sp³-hybridized carbons (Fsp3) is 0.111. The second kappa shape index (κ2) is 7.40. The smallest absolute Gasteiger partial charge is 0.231 e. The van der Waals surface area contributed by atoms with E-state index < -0.39 is 0 Å². The van der Waals surface area contributed by atoms with Gasteiger partial charge in [-0.1, -0.05) is 48.0 Å². The third kappa shape index (κ3) is 3.46. The van der Waals surface area contributed by atoms with Crippen LogP contribution in [0, 0.1) is 20.8 Å². The number of nitrogens with zero attached hydrogens (tertiary/aromatic N) is 2. The van der Waals surface area contributed by atoms with Crippen LogP contribution in [0.1, 0.15) is 32.6 Å². The number of carbonyl (C=O) groups excluding carboxylic acids is 1. The normalized spacial score (nSPS) is 14.0. The highest BCUT2D eigenvalue weighted by Gasteiger charge is 2.28. The molecule has 0 fully saturated rings. The lowest BCUT2D eigenvalue weighted by atomic mass is 10.0. The standard InChI is InChI=1S/C27H22N2O2/c1-17-9-11-20(12-10-17)26-21(16-29(28-26)22-7-5-4-6-8-22)15-25-27(30)23-13-18(2)19(3)14-24(23)31-25/h4-16H,1-3H3/b25-15-. The van der Waals surface area contributed by atoms with Crippen molar-refractivity contribution < 1.29 is 9.53 Å². The number of hydrogen-bond acceptors (Lipinski definition) is 3. The molecule has 0 saturated carbocycles. The van der Waals surface area contributed by atoms with Gasteiger partial charge in [-0.3, -0.25) is 4.79 Å². The number of allylic oxidation sites excluding steroid dienone is 1. The van der Waals surface area contributed by atoms with Crippen molar-refractivity contribution in [2.75, 3.05) is 0 Å². The van der Waals surface area contributed by atoms with Crippen molar-refractivity contribution in [2.45, 2.75) is 20.8 Å². The Morgan fingerprint density at radius 3 is 2.35 bits per heavy atom. The van der Waals surface area contributed by atoms with Gasteiger partial charge in [0, 0.05) is 17.3 Å². The summed E-state index contributed by atoms with van der Waals surface area (Å²) in [6, 6.07) is 22.0. The molecule has 3 aromatic carbocycles. The highest BCUT2D eigenvalue weighted by Crippen LogP contribution is 2.35. The second-order valence-electron chi connectivity index (χ2n) is 7.95. The zero-order valence-corrected chi connectivity index (χ0v) is 17.7. The molecular formula is C27H22N2O2. The topological polar surface area (TPSA) is 44.1 Å². The monoisotopic (exact) mass is 406 g/mol. The van der Waals surface area contributed by atoms with Gasteiger partial charge < -0.3 is 4.74 Å². The molecule has 5 rings (SSSR count). The van der Waals surface area contributed by atoms with Gasteiger partial charge in [0.15, 0.2) is 5.76 Å². The maximum Gasteiger partial charge on any atom is 0.231 e. The number of hydrogen-bond donors (Lipinski definition) is 0. The SMILES string of the molecule is Cc1ccc(-c2nn(-c3ccccc3)cc2/C=C2\Oc3cc(C)c(C)cc3C2=O)cc1. The molecule has 2 heterocycles. The van der Waals surface area contributed by atoms with Gasteiger partial charge in [-0.05, 0) is 62.2 Å². The maximum absolute atomic E-state index is 13.0. The molecule has 0 unspecified atom stereocenters. The van der Waals surface area contributed by atoms with Crippen molar-refractivity contribution in [3.63, 3.8) is 0 Å². The number of ketones is 1. The lowest BCUT2D eigenvalue weighted by Gasteiger charge is -2.02. The first-order valence-electron chi connectivity index (χ1n) is 10.3. The van der Waals surface area contributed by atoms with Gasteiger partial charge in [0.05, 0.1) is 11.3 Å². The summed E-state index contributed by atoms with van der Waals surface area (Å²) >= 11 is 0. The minimum atomic E-state index is -0.0968. The molecule has 1 aliphatic heterocycles. The van der Waals surface area contributed by atoms with Crippen LogP contribution in [-0.4, -0.2) is 15.6 Å². The molecule has 0 bridgehead atoms. The predicted octanol–water partition coefficient (Wildman–Crippen LogP) is 6.08. The Morgan fingerprint density at radius 1 is 0.903 bits per heavy atom. The van der Waals surface area contributed by atoms with Crippen LogP contribution >= 0.6 is 0 Å². The van der Waals surface area contributed by atoms with Crippen LogP contribution in [0.15, 0.2) is 78.7 Å². The molecule has 0 atom stereocenters. The van der Waals surface area contributed by atoms with E-state index in [1.807, 2.05) is 79.3 Å². The van der Waals surface area contributed by atoms with Gasteiger partial charge >= 0.3 is 0 Å². The third-order valence-electron chi connectivity index (χ3n) is 5.66. The predicted molar refractivity (Wildman–Crippen MR) is 123 cm³/mol. The molecule has 0 aliphatic carbocycles. The first-order chi connectivity index (χ1) is 15.0. The maximum atomic E-state index is 13.0. The summed E-state index contributed by atoms with van der Waals surface area (Å²) in [6.45, 7) is 6.08. The summed E-state index contributed by atoms with van der Waals surface area (Å²) in [4.78, 5) is 13.0. The van der Waals surface area contributed by atoms with Crippen molar-refractivity contribution in [1.29, 1.82) is 0 Å². The molecule has 31 heavy (non-hydrogen) atoms. The molecule has 0 N–H and O–H groups in total. The van der Waals surface area contributed by atoms with Gasteiger partial charge in [-0.25, -0.2) is 4.68 Å². The molecule has 0 saturated heterocycles. The molecule has 4 heteroatoms. The number of aryl methyl sites for hydroxylation is 3. The highest BCUT2D eigenvalue weighted by molar-refractivity contribution is 6.14. The Bertz CT molecular complexity index is 1330. The molecule has 152 valence electrons. The largest absolute Gasteiger partial charge is 0.452 e. The van der Waals surface area contributed by atoms with Crippen molar-refractivity contribution in [3.05, 3.63) is 107 Å². The Morgan fingerprint density at radius 2 is 1.61 bits per heavy atom. The van der Waals surface area contributed by atoms with Crippen molar-refractivity contribution >= 4 is 11.9 Å². The first-order valence-corrected chi connectivity index (χ1v) is 10.3. The van der Waals surface area contributed by atoms with Crippen LogP contribution in [0.3, 0.4) is 0 Å². The van der Waals surface area contributed by atoms with E-state index in [0.29, 0.717) is 17.1 Å². The molecular weight excluding hydrogens is 384 g/mol. The average molecular weight is 406 g/mol. The molecule has 1 aliphatic rings. The van der Waals surface area contributed by atoms with E-state index in [1.165, 1.54) is 5.56 Å². The van der Waals surface area contributed by atoms with E-state index in [1.54, 1.807) is 6.08 Å². The van der Waals surface area contributed by atoms with Gasteiger partial charge in [0.2, 0.25) is 5.78 Å². The van der Waals surface area contributed by atoms with Crippen LogP contribution < -0.4 is 4.74 Å². The van der Waals surface area contributed by atoms with Gasteiger partial charge in [0.25, 0.3) is 0 Å². The van der Waals surface area contributed by atoms with Crippen LogP contribution in [-0.2, 0) is 0 Å². The van der Waals surface area contributed by atoms with Crippen LogP contribution in [0.2, 0.25) is 0 Å². The first kappa shape index (κ1) is 19.1. The fourth-order valence-electron chi connectivity index (χ4n) is 3.73. The van der Waals surface area contributed by atoms with Crippen LogP contribution in [0.25, 0.3) is 23.0 Å². The fourth-order valence-corrected chi connectivity index (χ4v) is 3.73. The second-order valence-corrected chi connectivity index (χ2v) is 7.95. The zero-order valence-electron chi connectivity index (χ0n) is 17.7. The number of ether oxygens (including phenoxy) is 1. The van der Waals surface area contributed by atoms with Crippen LogP contribution in [0.4, 0.5) is 0 Å². The number of para-hydroxylation sites is 1. The Labute approximate surface area is 181 Å². The van der Waals surface area contributed by atoms with E-state index in [0.717, 1.165) is 33.6 Å². The number of benzene rings is 3. The number of aromatic nitrogens is 2.